The molecule has 4 heteroatoms. The third kappa shape index (κ3) is 5.41. The van der Waals surface area contributed by atoms with Crippen molar-refractivity contribution in [3.63, 3.8) is 0 Å². The highest BCUT2D eigenvalue weighted by Gasteiger charge is 2.10. The van der Waals surface area contributed by atoms with Gasteiger partial charge in [0.15, 0.2) is 0 Å². The third-order valence-corrected chi connectivity index (χ3v) is 4.37. The first-order valence-corrected chi connectivity index (χ1v) is 9.09. The van der Waals surface area contributed by atoms with E-state index < -0.39 is 0 Å². The lowest BCUT2D eigenvalue weighted by atomic mass is 10.0. The average molecular weight is 329 g/mol. The molecule has 0 aromatic heterocycles. The molecule has 23 heavy (non-hydrogen) atoms. The summed E-state index contributed by atoms with van der Waals surface area (Å²) in [5.74, 6) is 0.968. The Morgan fingerprint density at radius 3 is 2.35 bits per heavy atom. The van der Waals surface area contributed by atoms with Gasteiger partial charge in [0.2, 0.25) is 0 Å². The molecule has 0 saturated carbocycles. The van der Waals surface area contributed by atoms with Crippen LogP contribution in [0.3, 0.4) is 0 Å². The van der Waals surface area contributed by atoms with Gasteiger partial charge in [-0.3, -0.25) is 4.79 Å². The molecule has 0 aliphatic heterocycles. The van der Waals surface area contributed by atoms with Gasteiger partial charge < -0.3 is 10.1 Å². The summed E-state index contributed by atoms with van der Waals surface area (Å²) in [5.41, 5.74) is 2.93. The number of carbonyl (C=O) groups is 1. The SMILES string of the molecule is COC(CCSC)CNC(=O)c1ccc(-c2ccccc2)cc1. The summed E-state index contributed by atoms with van der Waals surface area (Å²) < 4.78 is 5.39. The van der Waals surface area contributed by atoms with Gasteiger partial charge in [0, 0.05) is 19.2 Å². The minimum Gasteiger partial charge on any atom is -0.380 e. The van der Waals surface area contributed by atoms with Crippen LogP contribution in [0.2, 0.25) is 0 Å². The Morgan fingerprint density at radius 1 is 1.09 bits per heavy atom. The van der Waals surface area contributed by atoms with Crippen molar-refractivity contribution < 1.29 is 9.53 Å². The van der Waals surface area contributed by atoms with E-state index in [0.717, 1.165) is 23.3 Å². The zero-order valence-corrected chi connectivity index (χ0v) is 14.4. The van der Waals surface area contributed by atoms with Crippen molar-refractivity contribution in [3.05, 3.63) is 60.2 Å². The van der Waals surface area contributed by atoms with E-state index in [2.05, 4.69) is 23.7 Å². The Morgan fingerprint density at radius 2 is 1.74 bits per heavy atom. The number of carbonyl (C=O) groups excluding carboxylic acids is 1. The first-order valence-electron chi connectivity index (χ1n) is 7.70. The van der Waals surface area contributed by atoms with Crippen LogP contribution in [0, 0.1) is 0 Å². The predicted octanol–water partition coefficient (Wildman–Crippen LogP) is 3.85. The number of hydrogen-bond acceptors (Lipinski definition) is 3. The third-order valence-electron chi connectivity index (χ3n) is 3.72. The molecule has 0 saturated heterocycles. The lowest BCUT2D eigenvalue weighted by Crippen LogP contribution is -2.33. The van der Waals surface area contributed by atoms with Crippen LogP contribution in [0.5, 0.6) is 0 Å². The van der Waals surface area contributed by atoms with Crippen LogP contribution in [-0.4, -0.2) is 37.7 Å². The largest absolute Gasteiger partial charge is 0.380 e. The lowest BCUT2D eigenvalue weighted by Gasteiger charge is -2.15. The monoisotopic (exact) mass is 329 g/mol. The van der Waals surface area contributed by atoms with Gasteiger partial charge >= 0.3 is 0 Å². The summed E-state index contributed by atoms with van der Waals surface area (Å²) >= 11 is 1.78. The smallest absolute Gasteiger partial charge is 0.251 e. The van der Waals surface area contributed by atoms with Gasteiger partial charge in [-0.1, -0.05) is 42.5 Å². The molecule has 0 fully saturated rings. The maximum absolute atomic E-state index is 12.2. The van der Waals surface area contributed by atoms with E-state index in [0.29, 0.717) is 12.1 Å². The van der Waals surface area contributed by atoms with E-state index in [4.69, 9.17) is 4.74 Å². The fraction of sp³-hybridized carbons (Fsp3) is 0.316. The van der Waals surface area contributed by atoms with Crippen LogP contribution in [0.1, 0.15) is 16.8 Å². The Hall–Kier alpha value is -1.78. The first kappa shape index (κ1) is 17.6. The molecule has 0 aliphatic rings. The molecule has 0 heterocycles. The average Bonchev–Trinajstić information content (AvgIpc) is 2.62. The molecular formula is C19H23NO2S. The van der Waals surface area contributed by atoms with Crippen LogP contribution in [0.25, 0.3) is 11.1 Å². The standard InChI is InChI=1S/C19H23NO2S/c1-22-18(12-13-23-2)14-20-19(21)17-10-8-16(9-11-17)15-6-4-3-5-7-15/h3-11,18H,12-14H2,1-2H3,(H,20,21). The van der Waals surface area contributed by atoms with Gasteiger partial charge in [0.25, 0.3) is 5.91 Å². The molecule has 3 nitrogen and oxygen atoms in total. The van der Waals surface area contributed by atoms with E-state index in [1.165, 1.54) is 0 Å². The van der Waals surface area contributed by atoms with Gasteiger partial charge in [0.1, 0.15) is 0 Å². The minimum absolute atomic E-state index is 0.0594. The van der Waals surface area contributed by atoms with Crippen molar-refractivity contribution in [2.24, 2.45) is 0 Å². The Labute approximate surface area is 142 Å². The highest BCUT2D eigenvalue weighted by molar-refractivity contribution is 7.98. The van der Waals surface area contributed by atoms with Crippen molar-refractivity contribution in [3.8, 4) is 11.1 Å². The summed E-state index contributed by atoms with van der Waals surface area (Å²) in [6, 6.07) is 17.8. The Balaban J connectivity index is 1.92. The van der Waals surface area contributed by atoms with Gasteiger partial charge in [-0.2, -0.15) is 11.8 Å². The van der Waals surface area contributed by atoms with Crippen LogP contribution < -0.4 is 5.32 Å². The van der Waals surface area contributed by atoms with E-state index >= 15 is 0 Å². The molecule has 0 spiro atoms. The van der Waals surface area contributed by atoms with Crippen molar-refractivity contribution in [2.75, 3.05) is 25.7 Å². The highest BCUT2D eigenvalue weighted by Crippen LogP contribution is 2.19. The molecule has 0 radical (unpaired) electrons. The summed E-state index contributed by atoms with van der Waals surface area (Å²) in [7, 11) is 1.69. The molecular weight excluding hydrogens is 306 g/mol. The number of ether oxygens (including phenoxy) is 1. The van der Waals surface area contributed by atoms with Gasteiger partial charge in [0.05, 0.1) is 6.10 Å². The molecule has 2 aromatic rings. The highest BCUT2D eigenvalue weighted by atomic mass is 32.2. The molecule has 122 valence electrons. The van der Waals surface area contributed by atoms with Crippen LogP contribution in [0.15, 0.2) is 54.6 Å². The van der Waals surface area contributed by atoms with E-state index in [1.54, 1.807) is 18.9 Å². The normalized spacial score (nSPS) is 11.9. The summed E-state index contributed by atoms with van der Waals surface area (Å²) in [4.78, 5) is 12.2. The zero-order valence-electron chi connectivity index (χ0n) is 13.6. The molecule has 0 bridgehead atoms. The first-order chi connectivity index (χ1) is 11.2. The van der Waals surface area contributed by atoms with Gasteiger partial charge in [-0.25, -0.2) is 0 Å². The molecule has 2 aromatic carbocycles. The maximum Gasteiger partial charge on any atom is 0.251 e. The number of amides is 1. The lowest BCUT2D eigenvalue weighted by molar-refractivity contribution is 0.0819. The van der Waals surface area contributed by atoms with Gasteiger partial charge in [-0.15, -0.1) is 0 Å². The number of hydrogen-bond donors (Lipinski definition) is 1. The Kier molecular flexibility index (Phi) is 7.17. The predicted molar refractivity (Wildman–Crippen MR) is 98.0 cm³/mol. The fourth-order valence-corrected chi connectivity index (χ4v) is 2.80. The number of thioether (sulfide) groups is 1. The second-order valence-electron chi connectivity index (χ2n) is 5.29. The van der Waals surface area contributed by atoms with Crippen LogP contribution >= 0.6 is 11.8 Å². The fourth-order valence-electron chi connectivity index (χ4n) is 2.31. The van der Waals surface area contributed by atoms with Gasteiger partial charge in [-0.05, 0) is 41.7 Å². The second-order valence-corrected chi connectivity index (χ2v) is 6.28. The van der Waals surface area contributed by atoms with Crippen molar-refractivity contribution in [1.29, 1.82) is 0 Å². The maximum atomic E-state index is 12.2. The molecule has 0 aliphatic carbocycles. The molecule has 1 unspecified atom stereocenters. The number of methoxy groups -OCH3 is 1. The van der Waals surface area contributed by atoms with Crippen molar-refractivity contribution in [2.45, 2.75) is 12.5 Å². The van der Waals surface area contributed by atoms with Crippen LogP contribution in [0.4, 0.5) is 0 Å². The molecule has 1 amide bonds. The Bertz CT molecular complexity index is 599. The second kappa shape index (κ2) is 9.38. The molecule has 2 rings (SSSR count). The summed E-state index contributed by atoms with van der Waals surface area (Å²) in [5, 5.41) is 2.94. The minimum atomic E-state index is -0.0594. The summed E-state index contributed by atoms with van der Waals surface area (Å²) in [6.07, 6.45) is 3.07. The van der Waals surface area contributed by atoms with E-state index in [9.17, 15) is 4.79 Å². The van der Waals surface area contributed by atoms with Crippen molar-refractivity contribution in [1.82, 2.24) is 5.32 Å². The topological polar surface area (TPSA) is 38.3 Å². The molecule has 1 atom stereocenters. The van der Waals surface area contributed by atoms with Crippen LogP contribution in [-0.2, 0) is 4.74 Å². The number of benzene rings is 2. The summed E-state index contributed by atoms with van der Waals surface area (Å²) in [6.45, 7) is 0.538. The number of nitrogens with one attached hydrogen (secondary N) is 1. The van der Waals surface area contributed by atoms with E-state index in [1.807, 2.05) is 42.5 Å². The van der Waals surface area contributed by atoms with Crippen molar-refractivity contribution >= 4 is 17.7 Å². The zero-order chi connectivity index (χ0) is 16.5. The number of rotatable bonds is 8. The van der Waals surface area contributed by atoms with E-state index in [-0.39, 0.29) is 12.0 Å². The quantitative estimate of drug-likeness (QED) is 0.799. The molecule has 1 N–H and O–H groups in total.